The third-order valence-electron chi connectivity index (χ3n) is 1.84. The first kappa shape index (κ1) is 12.8. The third-order valence-corrected chi connectivity index (χ3v) is 2.53. The molecule has 0 spiro atoms. The molecule has 0 heterocycles. The molecule has 0 saturated carbocycles. The lowest BCUT2D eigenvalue weighted by Crippen LogP contribution is -2.12. The molecule has 0 radical (unpaired) electrons. The van der Waals surface area contributed by atoms with Crippen molar-refractivity contribution in [2.45, 2.75) is 13.3 Å². The molecule has 0 N–H and O–H groups in total. The number of carbonyl (C=O) groups is 2. The van der Waals surface area contributed by atoms with Gasteiger partial charge in [-0.15, -0.1) is 0 Å². The lowest BCUT2D eigenvalue weighted by atomic mass is 10.1. The average Bonchev–Trinajstić information content (AvgIpc) is 2.21. The van der Waals surface area contributed by atoms with Gasteiger partial charge in [0.25, 0.3) is 0 Å². The summed E-state index contributed by atoms with van der Waals surface area (Å²) in [5.41, 5.74) is 0.146. The van der Waals surface area contributed by atoms with Crippen LogP contribution in [0.1, 0.15) is 23.7 Å². The van der Waals surface area contributed by atoms with E-state index >= 15 is 0 Å². The summed E-state index contributed by atoms with van der Waals surface area (Å²) in [4.78, 5) is 22.7. The van der Waals surface area contributed by atoms with Crippen LogP contribution in [0, 0.1) is 5.82 Å². The highest BCUT2D eigenvalue weighted by atomic mass is 79.9. The van der Waals surface area contributed by atoms with Gasteiger partial charge in [-0.3, -0.25) is 9.59 Å². The number of halogens is 2. The van der Waals surface area contributed by atoms with Gasteiger partial charge < -0.3 is 4.74 Å². The van der Waals surface area contributed by atoms with Crippen LogP contribution >= 0.6 is 15.9 Å². The second-order valence-electron chi connectivity index (χ2n) is 3.03. The molecule has 0 aliphatic heterocycles. The number of ether oxygens (including phenoxy) is 1. The van der Waals surface area contributed by atoms with Gasteiger partial charge in [-0.05, 0) is 25.1 Å². The zero-order valence-electron chi connectivity index (χ0n) is 8.63. The maximum Gasteiger partial charge on any atom is 0.313 e. The van der Waals surface area contributed by atoms with Crippen molar-refractivity contribution in [1.82, 2.24) is 0 Å². The van der Waals surface area contributed by atoms with Crippen molar-refractivity contribution in [3.05, 3.63) is 34.1 Å². The van der Waals surface area contributed by atoms with Crippen LogP contribution in [0.25, 0.3) is 0 Å². The molecule has 0 aromatic heterocycles. The Hall–Kier alpha value is -1.23. The number of esters is 1. The third kappa shape index (κ3) is 3.41. The van der Waals surface area contributed by atoms with Crippen LogP contribution in [-0.4, -0.2) is 18.4 Å². The Bertz CT molecular complexity index is 418. The molecule has 1 rings (SSSR count). The van der Waals surface area contributed by atoms with E-state index in [0.29, 0.717) is 4.47 Å². The molecule has 1 aromatic carbocycles. The van der Waals surface area contributed by atoms with Crippen molar-refractivity contribution in [2.24, 2.45) is 0 Å². The molecule has 86 valence electrons. The highest BCUT2D eigenvalue weighted by molar-refractivity contribution is 9.10. The van der Waals surface area contributed by atoms with Gasteiger partial charge in [0.2, 0.25) is 0 Å². The van der Waals surface area contributed by atoms with Crippen molar-refractivity contribution in [2.75, 3.05) is 6.61 Å². The fourth-order valence-corrected chi connectivity index (χ4v) is 1.62. The van der Waals surface area contributed by atoms with E-state index < -0.39 is 17.6 Å². The molecular formula is C11H10BrFO3. The first-order chi connectivity index (χ1) is 7.54. The summed E-state index contributed by atoms with van der Waals surface area (Å²) in [6, 6.07) is 3.74. The summed E-state index contributed by atoms with van der Waals surface area (Å²) >= 11 is 3.12. The van der Waals surface area contributed by atoms with Crippen LogP contribution in [-0.2, 0) is 9.53 Å². The molecular weight excluding hydrogens is 279 g/mol. The van der Waals surface area contributed by atoms with Crippen LogP contribution < -0.4 is 0 Å². The molecule has 0 aliphatic rings. The average molecular weight is 289 g/mol. The standard InChI is InChI=1S/C11H10BrFO3/c1-2-16-11(15)6-10(14)8-5-7(13)3-4-9(8)12/h3-5H,2,6H2,1H3. The van der Waals surface area contributed by atoms with E-state index in [4.69, 9.17) is 0 Å². The van der Waals surface area contributed by atoms with Gasteiger partial charge in [-0.2, -0.15) is 0 Å². The largest absolute Gasteiger partial charge is 0.466 e. The van der Waals surface area contributed by atoms with Crippen LogP contribution in [0.3, 0.4) is 0 Å². The lowest BCUT2D eigenvalue weighted by molar-refractivity contribution is -0.141. The zero-order valence-corrected chi connectivity index (χ0v) is 10.2. The number of rotatable bonds is 4. The van der Waals surface area contributed by atoms with E-state index in [9.17, 15) is 14.0 Å². The second kappa shape index (κ2) is 5.75. The van der Waals surface area contributed by atoms with Gasteiger partial charge >= 0.3 is 5.97 Å². The van der Waals surface area contributed by atoms with Crippen LogP contribution in [0.2, 0.25) is 0 Å². The monoisotopic (exact) mass is 288 g/mol. The maximum atomic E-state index is 12.9. The molecule has 3 nitrogen and oxygen atoms in total. The zero-order chi connectivity index (χ0) is 12.1. The predicted molar refractivity (Wildman–Crippen MR) is 59.7 cm³/mol. The molecule has 0 amide bonds. The maximum absolute atomic E-state index is 12.9. The molecule has 0 fully saturated rings. The summed E-state index contributed by atoms with van der Waals surface area (Å²) in [7, 11) is 0. The number of hydrogen-bond acceptors (Lipinski definition) is 3. The Balaban J connectivity index is 2.80. The minimum Gasteiger partial charge on any atom is -0.466 e. The van der Waals surface area contributed by atoms with Crippen molar-refractivity contribution < 1.29 is 18.7 Å². The van der Waals surface area contributed by atoms with E-state index in [2.05, 4.69) is 20.7 Å². The number of benzene rings is 1. The number of carbonyl (C=O) groups excluding carboxylic acids is 2. The van der Waals surface area contributed by atoms with Gasteiger partial charge in [0, 0.05) is 10.0 Å². The number of ketones is 1. The van der Waals surface area contributed by atoms with Crippen LogP contribution in [0.5, 0.6) is 0 Å². The molecule has 0 unspecified atom stereocenters. The first-order valence-corrected chi connectivity index (χ1v) is 5.47. The van der Waals surface area contributed by atoms with Gasteiger partial charge in [0.1, 0.15) is 12.2 Å². The Morgan fingerprint density at radius 3 is 2.75 bits per heavy atom. The fraction of sp³-hybridized carbons (Fsp3) is 0.273. The number of Topliss-reactive ketones (excluding diaryl/α,β-unsaturated/α-hetero) is 1. The second-order valence-corrected chi connectivity index (χ2v) is 3.88. The van der Waals surface area contributed by atoms with Crippen molar-refractivity contribution >= 4 is 27.7 Å². The molecule has 0 bridgehead atoms. The highest BCUT2D eigenvalue weighted by Gasteiger charge is 2.15. The fourth-order valence-electron chi connectivity index (χ4n) is 1.15. The normalized spacial score (nSPS) is 9.94. The van der Waals surface area contributed by atoms with Gasteiger partial charge in [-0.25, -0.2) is 4.39 Å². The quantitative estimate of drug-likeness (QED) is 0.486. The Labute approximate surface area is 101 Å². The summed E-state index contributed by atoms with van der Waals surface area (Å²) in [5, 5.41) is 0. The summed E-state index contributed by atoms with van der Waals surface area (Å²) in [6.45, 7) is 1.87. The van der Waals surface area contributed by atoms with Crippen LogP contribution in [0.15, 0.2) is 22.7 Å². The van der Waals surface area contributed by atoms with E-state index in [-0.39, 0.29) is 18.6 Å². The summed E-state index contributed by atoms with van der Waals surface area (Å²) in [6.07, 6.45) is -0.379. The van der Waals surface area contributed by atoms with Crippen molar-refractivity contribution in [3.8, 4) is 0 Å². The van der Waals surface area contributed by atoms with Gasteiger partial charge in [0.05, 0.1) is 6.61 Å². The molecule has 0 saturated heterocycles. The SMILES string of the molecule is CCOC(=O)CC(=O)c1cc(F)ccc1Br. The minimum absolute atomic E-state index is 0.146. The minimum atomic E-state index is -0.608. The van der Waals surface area contributed by atoms with Gasteiger partial charge in [0.15, 0.2) is 5.78 Å². The molecule has 0 atom stereocenters. The summed E-state index contributed by atoms with van der Waals surface area (Å²) in [5.74, 6) is -1.59. The first-order valence-electron chi connectivity index (χ1n) is 4.68. The Morgan fingerprint density at radius 1 is 1.44 bits per heavy atom. The summed E-state index contributed by atoms with van der Waals surface area (Å²) < 4.78 is 18.0. The molecule has 0 aliphatic carbocycles. The van der Waals surface area contributed by atoms with Crippen LogP contribution in [0.4, 0.5) is 4.39 Å². The molecule has 16 heavy (non-hydrogen) atoms. The topological polar surface area (TPSA) is 43.4 Å². The molecule has 1 aromatic rings. The number of hydrogen-bond donors (Lipinski definition) is 0. The van der Waals surface area contributed by atoms with E-state index in [1.54, 1.807) is 6.92 Å². The van der Waals surface area contributed by atoms with E-state index in [1.165, 1.54) is 12.1 Å². The van der Waals surface area contributed by atoms with Crippen molar-refractivity contribution in [1.29, 1.82) is 0 Å². The Kier molecular flexibility index (Phi) is 4.61. The van der Waals surface area contributed by atoms with Gasteiger partial charge in [-0.1, -0.05) is 15.9 Å². The lowest BCUT2D eigenvalue weighted by Gasteiger charge is -2.03. The van der Waals surface area contributed by atoms with Crippen molar-refractivity contribution in [3.63, 3.8) is 0 Å². The van der Waals surface area contributed by atoms with E-state index in [1.807, 2.05) is 0 Å². The highest BCUT2D eigenvalue weighted by Crippen LogP contribution is 2.19. The molecule has 5 heteroatoms. The smallest absolute Gasteiger partial charge is 0.313 e. The predicted octanol–water partition coefficient (Wildman–Crippen LogP) is 2.72. The van der Waals surface area contributed by atoms with E-state index in [0.717, 1.165) is 6.07 Å². The Morgan fingerprint density at radius 2 is 2.12 bits per heavy atom.